The summed E-state index contributed by atoms with van der Waals surface area (Å²) in [6.45, 7) is 9.19. The Hall–Kier alpha value is -4.96. The van der Waals surface area contributed by atoms with E-state index >= 15 is 4.79 Å². The Labute approximate surface area is 312 Å². The Bertz CT molecular complexity index is 1810. The minimum atomic E-state index is -1.51. The van der Waals surface area contributed by atoms with Gasteiger partial charge in [0.05, 0.1) is 29.9 Å². The first kappa shape index (κ1) is 39.3. The quantitative estimate of drug-likeness (QED) is 0.187. The van der Waals surface area contributed by atoms with Crippen molar-refractivity contribution in [3.05, 3.63) is 108 Å². The fourth-order valence-corrected chi connectivity index (χ4v) is 7.70. The summed E-state index contributed by atoms with van der Waals surface area (Å²) in [6, 6.07) is 27.4. The fraction of sp³-hybridized carbons (Fsp3) is 0.442. The van der Waals surface area contributed by atoms with Crippen LogP contribution in [0.1, 0.15) is 64.2 Å². The van der Waals surface area contributed by atoms with Crippen LogP contribution in [0.5, 0.6) is 0 Å². The van der Waals surface area contributed by atoms with Crippen molar-refractivity contribution in [3.8, 4) is 0 Å². The van der Waals surface area contributed by atoms with Crippen LogP contribution in [0.4, 0.5) is 4.79 Å². The third-order valence-corrected chi connectivity index (χ3v) is 10.1. The van der Waals surface area contributed by atoms with E-state index in [0.29, 0.717) is 0 Å². The molecule has 2 heterocycles. The summed E-state index contributed by atoms with van der Waals surface area (Å²) >= 11 is 0. The number of ketones is 2. The summed E-state index contributed by atoms with van der Waals surface area (Å²) in [5, 5.41) is 14.9. The lowest BCUT2D eigenvalue weighted by atomic mass is 9.67. The lowest BCUT2D eigenvalue weighted by Gasteiger charge is -2.36. The van der Waals surface area contributed by atoms with Gasteiger partial charge >= 0.3 is 6.09 Å². The van der Waals surface area contributed by atoms with Gasteiger partial charge in [-0.1, -0.05) is 105 Å². The molecule has 3 aromatic rings. The van der Waals surface area contributed by atoms with Crippen LogP contribution in [0.25, 0.3) is 0 Å². The van der Waals surface area contributed by atoms with E-state index in [2.05, 4.69) is 5.32 Å². The van der Waals surface area contributed by atoms with E-state index in [9.17, 15) is 19.5 Å². The number of aliphatic hydroxyl groups excluding tert-OH is 1. The number of primary amides is 1. The SMILES string of the molecule is CC(C)C[C@@]1(C2C=N[C@@](Cc3ccccc3)(CC(O)[C@H](Cc3ccccc3)NC(=O)OC(C)(C)C)C2=O)N=CC([C@@H](Cc2ccccc2)C(N)=O)C1=O. The molecule has 0 aromatic heterocycles. The molecule has 0 radical (unpaired) electrons. The van der Waals surface area contributed by atoms with E-state index in [4.69, 9.17) is 20.5 Å². The molecule has 0 saturated carbocycles. The normalized spacial score (nSPS) is 24.3. The topological polar surface area (TPSA) is 161 Å². The van der Waals surface area contributed by atoms with Crippen molar-refractivity contribution >= 4 is 36.0 Å². The van der Waals surface area contributed by atoms with Crippen molar-refractivity contribution in [1.82, 2.24) is 5.32 Å². The van der Waals surface area contributed by atoms with Gasteiger partial charge in [-0.05, 0) is 62.6 Å². The van der Waals surface area contributed by atoms with Crippen molar-refractivity contribution in [2.75, 3.05) is 0 Å². The molecule has 3 aromatic carbocycles. The van der Waals surface area contributed by atoms with Gasteiger partial charge in [0, 0.05) is 25.3 Å². The van der Waals surface area contributed by atoms with Crippen molar-refractivity contribution in [2.45, 2.75) is 95.5 Å². The standard InChI is InChI=1S/C43H52N4O6/c1-28(2)23-43(37(49)33(26-46-43)32(39(44)51)21-29-15-9-6-10-16-29)34-27-45-42(38(34)50,24-31-19-13-8-14-20-31)25-36(48)35(22-30-17-11-7-12-18-30)47-40(52)53-41(3,4)5/h6-20,26-28,32-36,48H,21-25H2,1-5H3,(H2,44,51)(H,47,52)/t32-,33?,34?,35+,36?,42+,43+/m1/s1. The van der Waals surface area contributed by atoms with Gasteiger partial charge in [0.2, 0.25) is 5.91 Å². The third-order valence-electron chi connectivity index (χ3n) is 10.1. The first-order valence-corrected chi connectivity index (χ1v) is 18.4. The van der Waals surface area contributed by atoms with Crippen molar-refractivity contribution in [1.29, 1.82) is 0 Å². The Morgan fingerprint density at radius 1 is 0.811 bits per heavy atom. The summed E-state index contributed by atoms with van der Waals surface area (Å²) in [6.07, 6.45) is 1.88. The van der Waals surface area contributed by atoms with Gasteiger partial charge in [-0.3, -0.25) is 24.4 Å². The Morgan fingerprint density at radius 3 is 1.89 bits per heavy atom. The lowest BCUT2D eigenvalue weighted by Crippen LogP contribution is -2.55. The molecular weight excluding hydrogens is 668 g/mol. The van der Waals surface area contributed by atoms with Crippen molar-refractivity contribution in [3.63, 3.8) is 0 Å². The highest BCUT2D eigenvalue weighted by Crippen LogP contribution is 2.45. The second-order valence-corrected chi connectivity index (χ2v) is 15.9. The van der Waals surface area contributed by atoms with Crippen LogP contribution in [-0.4, -0.2) is 69.9 Å². The van der Waals surface area contributed by atoms with Crippen LogP contribution in [0.15, 0.2) is 101 Å². The highest BCUT2D eigenvalue weighted by molar-refractivity contribution is 6.17. The number of amides is 2. The van der Waals surface area contributed by atoms with Crippen LogP contribution in [0.3, 0.4) is 0 Å². The molecule has 53 heavy (non-hydrogen) atoms. The molecule has 0 bridgehead atoms. The predicted molar refractivity (Wildman–Crippen MR) is 206 cm³/mol. The number of nitrogens with one attached hydrogen (secondary N) is 1. The second-order valence-electron chi connectivity index (χ2n) is 15.9. The van der Waals surface area contributed by atoms with Crippen LogP contribution in [0, 0.1) is 23.7 Å². The van der Waals surface area contributed by atoms with Gasteiger partial charge in [0.25, 0.3) is 0 Å². The highest BCUT2D eigenvalue weighted by atomic mass is 16.6. The molecular formula is C43H52N4O6. The van der Waals surface area contributed by atoms with Gasteiger partial charge in [-0.15, -0.1) is 0 Å². The zero-order valence-corrected chi connectivity index (χ0v) is 31.3. The number of ether oxygens (including phenoxy) is 1. The second kappa shape index (κ2) is 16.4. The number of alkyl carbamates (subject to hydrolysis) is 1. The number of carbonyl (C=O) groups excluding carboxylic acids is 4. The van der Waals surface area contributed by atoms with Gasteiger partial charge in [-0.25, -0.2) is 4.79 Å². The summed E-state index contributed by atoms with van der Waals surface area (Å²) in [7, 11) is 0. The largest absolute Gasteiger partial charge is 0.444 e. The molecule has 10 nitrogen and oxygen atoms in total. The Balaban J connectivity index is 1.49. The number of nitrogens with two attached hydrogens (primary N) is 1. The minimum absolute atomic E-state index is 0.0415. The van der Waals surface area contributed by atoms with Crippen LogP contribution in [0.2, 0.25) is 0 Å². The molecule has 2 aliphatic rings. The monoisotopic (exact) mass is 720 g/mol. The average molecular weight is 721 g/mol. The van der Waals surface area contributed by atoms with E-state index in [1.54, 1.807) is 20.8 Å². The molecule has 10 heteroatoms. The van der Waals surface area contributed by atoms with Crippen LogP contribution < -0.4 is 11.1 Å². The number of benzene rings is 3. The third kappa shape index (κ3) is 9.35. The number of hydrogen-bond acceptors (Lipinski definition) is 8. The number of hydrogen-bond donors (Lipinski definition) is 3. The summed E-state index contributed by atoms with van der Waals surface area (Å²) in [5.74, 6) is -4.16. The maximum atomic E-state index is 15.1. The number of carbonyl (C=O) groups is 4. The first-order chi connectivity index (χ1) is 25.1. The molecule has 2 aliphatic heterocycles. The molecule has 7 atom stereocenters. The Kier molecular flexibility index (Phi) is 12.1. The van der Waals surface area contributed by atoms with Crippen molar-refractivity contribution in [2.24, 2.45) is 39.4 Å². The van der Waals surface area contributed by atoms with Crippen LogP contribution in [-0.2, 0) is 38.4 Å². The molecule has 0 aliphatic carbocycles. The van der Waals surface area contributed by atoms with E-state index in [1.807, 2.05) is 105 Å². The van der Waals surface area contributed by atoms with E-state index in [-0.39, 0.29) is 49.6 Å². The summed E-state index contributed by atoms with van der Waals surface area (Å²) in [5.41, 5.74) is 4.70. The molecule has 3 unspecified atom stereocenters. The highest BCUT2D eigenvalue weighted by Gasteiger charge is 2.61. The Morgan fingerprint density at radius 2 is 1.36 bits per heavy atom. The van der Waals surface area contributed by atoms with Gasteiger partial charge in [0.1, 0.15) is 16.7 Å². The number of aliphatic imine (C=N–C) groups is 2. The smallest absolute Gasteiger partial charge is 0.407 e. The predicted octanol–water partition coefficient (Wildman–Crippen LogP) is 5.52. The number of rotatable bonds is 15. The summed E-state index contributed by atoms with van der Waals surface area (Å²) < 4.78 is 5.55. The molecule has 2 amide bonds. The lowest BCUT2D eigenvalue weighted by molar-refractivity contribution is -0.136. The van der Waals surface area contributed by atoms with E-state index < -0.39 is 58.6 Å². The van der Waals surface area contributed by atoms with Gasteiger partial charge < -0.3 is 20.9 Å². The van der Waals surface area contributed by atoms with E-state index in [1.165, 1.54) is 12.4 Å². The van der Waals surface area contributed by atoms with Gasteiger partial charge in [-0.2, -0.15) is 0 Å². The number of aliphatic hydroxyl groups is 1. The van der Waals surface area contributed by atoms with Gasteiger partial charge in [0.15, 0.2) is 11.6 Å². The summed E-state index contributed by atoms with van der Waals surface area (Å²) in [4.78, 5) is 65.5. The molecule has 0 saturated heterocycles. The average Bonchev–Trinajstić information content (AvgIpc) is 3.58. The molecule has 5 rings (SSSR count). The molecule has 0 spiro atoms. The number of Topliss-reactive ketones (excluding diaryl/α,β-unsaturated/α-hetero) is 2. The molecule has 280 valence electrons. The van der Waals surface area contributed by atoms with E-state index in [0.717, 1.165) is 16.7 Å². The maximum absolute atomic E-state index is 15.1. The fourth-order valence-electron chi connectivity index (χ4n) is 7.70. The van der Waals surface area contributed by atoms with Crippen molar-refractivity contribution < 1.29 is 29.0 Å². The maximum Gasteiger partial charge on any atom is 0.407 e. The number of nitrogens with zero attached hydrogens (tertiary/aromatic N) is 2. The minimum Gasteiger partial charge on any atom is -0.444 e. The molecule has 4 N–H and O–H groups in total. The van der Waals surface area contributed by atoms with Crippen LogP contribution >= 0.6 is 0 Å². The molecule has 0 fully saturated rings. The first-order valence-electron chi connectivity index (χ1n) is 18.4. The zero-order chi connectivity index (χ0) is 38.4. The zero-order valence-electron chi connectivity index (χ0n) is 31.3.